The number of fused-ring (bicyclic) bond motifs is 2. The summed E-state index contributed by atoms with van der Waals surface area (Å²) in [4.78, 5) is 35.9. The zero-order valence-electron chi connectivity index (χ0n) is 20.0. The van der Waals surface area contributed by atoms with E-state index in [1.54, 1.807) is 18.5 Å². The zero-order valence-corrected chi connectivity index (χ0v) is 20.0. The highest BCUT2D eigenvalue weighted by atomic mass is 16.5. The summed E-state index contributed by atoms with van der Waals surface area (Å²) in [6.45, 7) is 5.21. The molecule has 182 valence electrons. The smallest absolute Gasteiger partial charge is 0.261 e. The molecule has 5 aromatic rings. The van der Waals surface area contributed by atoms with Crippen molar-refractivity contribution in [1.29, 1.82) is 0 Å². The molecule has 36 heavy (non-hydrogen) atoms. The molecule has 1 unspecified atom stereocenters. The first-order chi connectivity index (χ1) is 17.7. The topological polar surface area (TPSA) is 112 Å². The average molecular weight is 482 g/mol. The number of nitrogens with one attached hydrogen (secondary N) is 3. The van der Waals surface area contributed by atoms with E-state index in [1.165, 1.54) is 0 Å². The maximum Gasteiger partial charge on any atom is 0.261 e. The molecule has 0 bridgehead atoms. The van der Waals surface area contributed by atoms with Crippen LogP contribution in [-0.4, -0.2) is 51.2 Å². The van der Waals surface area contributed by atoms with Gasteiger partial charge >= 0.3 is 0 Å². The molecule has 0 saturated carbocycles. The van der Waals surface area contributed by atoms with Gasteiger partial charge in [0.1, 0.15) is 17.2 Å². The number of pyridine rings is 1. The fraction of sp³-hybridized carbons (Fsp3) is 0.259. The highest BCUT2D eigenvalue weighted by Gasteiger charge is 2.22. The number of para-hydroxylation sites is 1. The minimum Gasteiger partial charge on any atom is -0.378 e. The van der Waals surface area contributed by atoms with Crippen molar-refractivity contribution in [3.8, 4) is 11.4 Å². The second kappa shape index (κ2) is 9.43. The summed E-state index contributed by atoms with van der Waals surface area (Å²) < 4.78 is 5.49. The summed E-state index contributed by atoms with van der Waals surface area (Å²) in [6.07, 6.45) is 4.21. The van der Waals surface area contributed by atoms with Crippen LogP contribution in [0.5, 0.6) is 0 Å². The number of hydrogen-bond donors (Lipinski definition) is 3. The lowest BCUT2D eigenvalue weighted by molar-refractivity contribution is 0.122. The first-order valence-electron chi connectivity index (χ1n) is 12.2. The van der Waals surface area contributed by atoms with Crippen LogP contribution in [-0.2, 0) is 4.74 Å². The number of nitrogens with zero attached hydrogens (tertiary/aromatic N) is 4. The lowest BCUT2D eigenvalue weighted by Gasteiger charge is -2.28. The van der Waals surface area contributed by atoms with E-state index >= 15 is 0 Å². The van der Waals surface area contributed by atoms with E-state index in [0.717, 1.165) is 60.3 Å². The molecule has 0 spiro atoms. The van der Waals surface area contributed by atoms with Gasteiger partial charge in [0, 0.05) is 36.6 Å². The molecule has 6 rings (SSSR count). The van der Waals surface area contributed by atoms with Crippen molar-refractivity contribution in [3.05, 3.63) is 77.1 Å². The van der Waals surface area contributed by atoms with Gasteiger partial charge in [-0.1, -0.05) is 25.1 Å². The van der Waals surface area contributed by atoms with Gasteiger partial charge in [-0.25, -0.2) is 15.0 Å². The first-order valence-corrected chi connectivity index (χ1v) is 12.2. The Balaban J connectivity index is 1.48. The maximum atomic E-state index is 13.4. The Morgan fingerprint density at radius 2 is 1.83 bits per heavy atom. The second-order valence-corrected chi connectivity index (χ2v) is 8.85. The first kappa shape index (κ1) is 22.2. The third kappa shape index (κ3) is 4.07. The van der Waals surface area contributed by atoms with Crippen LogP contribution in [0.3, 0.4) is 0 Å². The van der Waals surface area contributed by atoms with E-state index in [1.807, 2.05) is 30.3 Å². The van der Waals surface area contributed by atoms with Crippen molar-refractivity contribution in [2.24, 2.45) is 0 Å². The predicted molar refractivity (Wildman–Crippen MR) is 141 cm³/mol. The molecule has 1 fully saturated rings. The van der Waals surface area contributed by atoms with E-state index in [9.17, 15) is 4.79 Å². The van der Waals surface area contributed by atoms with E-state index in [0.29, 0.717) is 22.9 Å². The van der Waals surface area contributed by atoms with Crippen molar-refractivity contribution >= 4 is 33.3 Å². The molecule has 0 radical (unpaired) electrons. The number of morpholine rings is 1. The molecule has 9 nitrogen and oxygen atoms in total. The lowest BCUT2D eigenvalue weighted by Crippen LogP contribution is -2.36. The van der Waals surface area contributed by atoms with Crippen molar-refractivity contribution in [1.82, 2.24) is 24.9 Å². The molecular weight excluding hydrogens is 454 g/mol. The Kier molecular flexibility index (Phi) is 5.82. The molecular formula is C27H27N7O2. The molecule has 1 aliphatic rings. The SMILES string of the molecule is CCC(Nc1c(-c2nc3ccc(N4CCOCC4)cc3[nH]2)c(=O)[nH]c2ccccc12)c1ncccn1. The molecule has 0 aliphatic carbocycles. The standard InChI is InChI=1S/C27H27N7O2/c1-2-19(25-28-10-5-11-29-25)30-24-18-6-3-4-7-20(18)33-27(35)23(24)26-31-21-9-8-17(16-22(21)32-26)34-12-14-36-15-13-34/h3-11,16,19H,2,12-15H2,1H3,(H,31,32)(H2,30,33,35). The third-order valence-electron chi connectivity index (χ3n) is 6.62. The summed E-state index contributed by atoms with van der Waals surface area (Å²) in [7, 11) is 0. The van der Waals surface area contributed by atoms with E-state index in [-0.39, 0.29) is 11.6 Å². The highest BCUT2D eigenvalue weighted by Crippen LogP contribution is 2.34. The number of anilines is 2. The summed E-state index contributed by atoms with van der Waals surface area (Å²) >= 11 is 0. The van der Waals surface area contributed by atoms with Gasteiger partial charge in [0.25, 0.3) is 5.56 Å². The minimum atomic E-state index is -0.215. The number of rotatable bonds is 6. The van der Waals surface area contributed by atoms with Gasteiger partial charge in [-0.05, 0) is 36.8 Å². The minimum absolute atomic E-state index is 0.174. The molecule has 1 aliphatic heterocycles. The zero-order chi connectivity index (χ0) is 24.5. The monoisotopic (exact) mass is 481 g/mol. The van der Waals surface area contributed by atoms with Crippen LogP contribution in [0, 0.1) is 0 Å². The van der Waals surface area contributed by atoms with Crippen LogP contribution in [0.1, 0.15) is 25.2 Å². The fourth-order valence-electron chi connectivity index (χ4n) is 4.77. The van der Waals surface area contributed by atoms with Crippen LogP contribution in [0.25, 0.3) is 33.3 Å². The van der Waals surface area contributed by atoms with Crippen molar-refractivity contribution in [3.63, 3.8) is 0 Å². The van der Waals surface area contributed by atoms with Crippen molar-refractivity contribution in [2.75, 3.05) is 36.5 Å². The van der Waals surface area contributed by atoms with E-state index in [2.05, 4.69) is 49.2 Å². The quantitative estimate of drug-likeness (QED) is 0.332. The molecule has 3 N–H and O–H groups in total. The molecule has 3 aromatic heterocycles. The van der Waals surface area contributed by atoms with Gasteiger partial charge < -0.3 is 24.9 Å². The predicted octanol–water partition coefficient (Wildman–Crippen LogP) is 4.26. The molecule has 1 atom stereocenters. The number of H-pyrrole nitrogens is 2. The number of ether oxygens (including phenoxy) is 1. The lowest BCUT2D eigenvalue weighted by atomic mass is 10.1. The number of imidazole rings is 1. The Bertz CT molecular complexity index is 1570. The summed E-state index contributed by atoms with van der Waals surface area (Å²) in [6, 6.07) is 15.5. The molecule has 1 saturated heterocycles. The largest absolute Gasteiger partial charge is 0.378 e. The van der Waals surface area contributed by atoms with E-state index < -0.39 is 0 Å². The van der Waals surface area contributed by atoms with Crippen molar-refractivity contribution in [2.45, 2.75) is 19.4 Å². The Hall–Kier alpha value is -4.24. The second-order valence-electron chi connectivity index (χ2n) is 8.85. The van der Waals surface area contributed by atoms with Gasteiger partial charge in [0.05, 0.1) is 41.5 Å². The van der Waals surface area contributed by atoms with E-state index in [4.69, 9.17) is 9.72 Å². The van der Waals surface area contributed by atoms with Gasteiger partial charge in [0.2, 0.25) is 0 Å². The van der Waals surface area contributed by atoms with Gasteiger partial charge in [-0.3, -0.25) is 4.79 Å². The summed E-state index contributed by atoms with van der Waals surface area (Å²) in [5.74, 6) is 1.19. The molecule has 4 heterocycles. The van der Waals surface area contributed by atoms with Crippen LogP contribution in [0.2, 0.25) is 0 Å². The average Bonchev–Trinajstić information content (AvgIpc) is 3.35. The number of aromatic nitrogens is 5. The molecule has 2 aromatic carbocycles. The maximum absolute atomic E-state index is 13.4. The fourth-order valence-corrected chi connectivity index (χ4v) is 4.77. The molecule has 9 heteroatoms. The highest BCUT2D eigenvalue weighted by molar-refractivity contribution is 5.99. The number of aromatic amines is 2. The Morgan fingerprint density at radius 3 is 2.64 bits per heavy atom. The third-order valence-corrected chi connectivity index (χ3v) is 6.62. The Labute approximate surface area is 207 Å². The van der Waals surface area contributed by atoms with Crippen LogP contribution < -0.4 is 15.8 Å². The number of benzene rings is 2. The van der Waals surface area contributed by atoms with Crippen LogP contribution >= 0.6 is 0 Å². The Morgan fingerprint density at radius 1 is 1.03 bits per heavy atom. The van der Waals surface area contributed by atoms with Gasteiger partial charge in [0.15, 0.2) is 0 Å². The summed E-state index contributed by atoms with van der Waals surface area (Å²) in [5, 5.41) is 4.48. The summed E-state index contributed by atoms with van der Waals surface area (Å²) in [5.41, 5.74) is 4.51. The normalized spacial score (nSPS) is 14.9. The van der Waals surface area contributed by atoms with Crippen LogP contribution in [0.4, 0.5) is 11.4 Å². The van der Waals surface area contributed by atoms with Gasteiger partial charge in [-0.15, -0.1) is 0 Å². The van der Waals surface area contributed by atoms with Crippen LogP contribution in [0.15, 0.2) is 65.7 Å². The molecule has 0 amide bonds. The van der Waals surface area contributed by atoms with Gasteiger partial charge in [-0.2, -0.15) is 0 Å². The number of hydrogen-bond acceptors (Lipinski definition) is 7. The van der Waals surface area contributed by atoms with Crippen molar-refractivity contribution < 1.29 is 4.74 Å².